The van der Waals surface area contributed by atoms with Gasteiger partial charge in [0.05, 0.1) is 32.4 Å². The molecule has 19 nitrogen and oxygen atoms in total. The summed E-state index contributed by atoms with van der Waals surface area (Å²) in [7, 11) is 0. The Kier molecular flexibility index (Phi) is 14.3. The summed E-state index contributed by atoms with van der Waals surface area (Å²) in [6, 6.07) is 20.0. The summed E-state index contributed by atoms with van der Waals surface area (Å²) in [6.45, 7) is 4.21. The van der Waals surface area contributed by atoms with E-state index >= 15 is 4.79 Å². The quantitative estimate of drug-likeness (QED) is 0.0993. The second-order valence-corrected chi connectivity index (χ2v) is 19.9. The van der Waals surface area contributed by atoms with Crippen LogP contribution in [0.15, 0.2) is 78.9 Å². The van der Waals surface area contributed by atoms with Crippen LogP contribution in [0, 0.1) is 5.41 Å². The molecular formula is C51H61N3O16. The summed E-state index contributed by atoms with van der Waals surface area (Å²) in [6.07, 6.45) is -5.90. The highest BCUT2D eigenvalue weighted by molar-refractivity contribution is 5.95. The lowest BCUT2D eigenvalue weighted by Crippen LogP contribution is -2.69. The van der Waals surface area contributed by atoms with Crippen LogP contribution in [0.25, 0.3) is 6.08 Å². The van der Waals surface area contributed by atoms with Gasteiger partial charge in [0.15, 0.2) is 18.1 Å². The van der Waals surface area contributed by atoms with Gasteiger partial charge in [-0.1, -0.05) is 72.8 Å². The van der Waals surface area contributed by atoms with Gasteiger partial charge in [-0.3, -0.25) is 24.0 Å². The largest absolute Gasteiger partial charge is 0.460 e. The van der Waals surface area contributed by atoms with Gasteiger partial charge in [-0.2, -0.15) is 5.06 Å². The molecule has 0 radical (unpaired) electrons. The molecule has 6 aliphatic rings. The molecule has 1 spiro atoms. The molecule has 9 rings (SSSR count). The number of esters is 2. The number of nitrogens with one attached hydrogen (secondary N) is 2. The molecule has 4 heterocycles. The Bertz CT molecular complexity index is 2430. The molecule has 2 amide bonds. The molecule has 3 aromatic carbocycles. The van der Waals surface area contributed by atoms with Crippen molar-refractivity contribution in [3.05, 3.63) is 112 Å². The molecule has 5 fully saturated rings. The molecular weight excluding hydrogens is 911 g/mol. The van der Waals surface area contributed by atoms with E-state index in [9.17, 15) is 39.9 Å². The summed E-state index contributed by atoms with van der Waals surface area (Å²) in [5, 5.41) is 57.7. The molecule has 1 saturated carbocycles. The lowest BCUT2D eigenvalue weighted by Gasteiger charge is -2.48. The smallest absolute Gasteiger partial charge is 0.327 e. The van der Waals surface area contributed by atoms with E-state index in [2.05, 4.69) is 10.6 Å². The van der Waals surface area contributed by atoms with Crippen LogP contribution in [0.5, 0.6) is 0 Å². The van der Waals surface area contributed by atoms with Gasteiger partial charge in [0, 0.05) is 37.8 Å². The van der Waals surface area contributed by atoms with E-state index in [0.717, 1.165) is 11.1 Å². The average molecular weight is 972 g/mol. The topological polar surface area (TPSA) is 261 Å². The molecule has 7 N–H and O–H groups in total. The Morgan fingerprint density at radius 1 is 0.929 bits per heavy atom. The molecule has 2 aliphatic carbocycles. The van der Waals surface area contributed by atoms with E-state index in [4.69, 9.17) is 33.3 Å². The Balaban J connectivity index is 0.934. The van der Waals surface area contributed by atoms with Gasteiger partial charge in [0.25, 0.3) is 5.91 Å². The summed E-state index contributed by atoms with van der Waals surface area (Å²) < 4.78 is 36.4. The van der Waals surface area contributed by atoms with Crippen molar-refractivity contribution in [1.82, 2.24) is 15.7 Å². The summed E-state index contributed by atoms with van der Waals surface area (Å²) in [5.74, 6) is -3.12. The predicted octanol–water partition coefficient (Wildman–Crippen LogP) is 1.12. The van der Waals surface area contributed by atoms with Crippen molar-refractivity contribution >= 4 is 29.8 Å². The van der Waals surface area contributed by atoms with Gasteiger partial charge >= 0.3 is 11.9 Å². The van der Waals surface area contributed by atoms with Crippen molar-refractivity contribution in [2.45, 2.75) is 145 Å². The number of aliphatic hydroxyl groups excluding tert-OH is 5. The Morgan fingerprint density at radius 2 is 1.66 bits per heavy atom. The van der Waals surface area contributed by atoms with Gasteiger partial charge in [0.2, 0.25) is 5.91 Å². The minimum absolute atomic E-state index is 0.00231. The fourth-order valence-electron chi connectivity index (χ4n) is 10.6. The number of hydrogen-bond acceptors (Lipinski definition) is 17. The monoisotopic (exact) mass is 971 g/mol. The molecule has 4 aliphatic heterocycles. The van der Waals surface area contributed by atoms with Crippen LogP contribution in [-0.4, -0.2) is 153 Å². The summed E-state index contributed by atoms with van der Waals surface area (Å²) in [5.41, 5.74) is 2.24. The number of hydroxylamine groups is 2. The number of amides is 2. The lowest BCUT2D eigenvalue weighted by atomic mass is 9.62. The maximum Gasteiger partial charge on any atom is 0.327 e. The predicted molar refractivity (Wildman–Crippen MR) is 244 cm³/mol. The van der Waals surface area contributed by atoms with Crippen LogP contribution in [0.1, 0.15) is 78.2 Å². The third kappa shape index (κ3) is 9.90. The van der Waals surface area contributed by atoms with E-state index < -0.39 is 121 Å². The maximum absolute atomic E-state index is 15.1. The zero-order valence-electron chi connectivity index (χ0n) is 39.2. The number of nitrogens with zero attached hydrogens (tertiary/aromatic N) is 1. The van der Waals surface area contributed by atoms with E-state index in [0.29, 0.717) is 29.5 Å². The number of hydrogen-bond donors (Lipinski definition) is 7. The number of fused-ring (bicyclic) bond motifs is 5. The van der Waals surface area contributed by atoms with Gasteiger partial charge in [-0.25, -0.2) is 0 Å². The Hall–Kier alpha value is -5.16. The number of carbonyl (C=O) groups excluding carboxylic acids is 4. The summed E-state index contributed by atoms with van der Waals surface area (Å²) in [4.78, 5) is 62.1. The van der Waals surface area contributed by atoms with Crippen molar-refractivity contribution in [3.63, 3.8) is 0 Å². The summed E-state index contributed by atoms with van der Waals surface area (Å²) >= 11 is 0. The standard InChI is InChI=1S/C51H61N3O16/c1-49(2,3)67-37(57)18-17-34(26-55)53-45(61)30-15-8-10-28(20-30)24-52-48(63)51-23-35-41-42(69-50(68-41)21-31-12-5-6-13-32(31)22-50)44(51)70-54(43(51)46(62)65-35)25-33-14-7-4-11-29(33)16-9-19-64-47-40(60)39(59)38(58)36(27-56)66-47/h4-16,20,34-36,38-44,47,55-56,58-60H,17-19,21-27H2,1-3H3,(H,52,63)(H,53,61)/t34-,35+,36+,38-,39-,40+,41-,42-,43-,44+,47-,51-/m0/s1. The molecule has 0 unspecified atom stereocenters. The van der Waals surface area contributed by atoms with E-state index in [1.54, 1.807) is 57.2 Å². The highest BCUT2D eigenvalue weighted by atomic mass is 16.8. The normalized spacial score (nSPS) is 31.2. The molecule has 70 heavy (non-hydrogen) atoms. The van der Waals surface area contributed by atoms with Crippen LogP contribution >= 0.6 is 0 Å². The second-order valence-electron chi connectivity index (χ2n) is 19.9. The first-order valence-electron chi connectivity index (χ1n) is 23.7. The molecule has 4 saturated heterocycles. The number of aliphatic hydroxyl groups is 5. The first kappa shape index (κ1) is 49.8. The number of benzene rings is 3. The van der Waals surface area contributed by atoms with Crippen molar-refractivity contribution in [3.8, 4) is 0 Å². The third-order valence-corrected chi connectivity index (χ3v) is 13.9. The van der Waals surface area contributed by atoms with Crippen molar-refractivity contribution in [2.75, 3.05) is 19.8 Å². The molecule has 19 heteroatoms. The molecule has 0 aromatic heterocycles. The van der Waals surface area contributed by atoms with Gasteiger partial charge in [-0.05, 0) is 67.1 Å². The fourth-order valence-corrected chi connectivity index (χ4v) is 10.6. The Morgan fingerprint density at radius 3 is 2.39 bits per heavy atom. The number of ether oxygens (including phenoxy) is 6. The highest BCUT2D eigenvalue weighted by Crippen LogP contribution is 2.58. The van der Waals surface area contributed by atoms with Crippen LogP contribution in [-0.2, 0) is 73.6 Å². The fraction of sp³-hybridized carbons (Fsp3) is 0.529. The minimum atomic E-state index is -1.59. The van der Waals surface area contributed by atoms with Crippen LogP contribution in [0.3, 0.4) is 0 Å². The second kappa shape index (κ2) is 20.2. The van der Waals surface area contributed by atoms with Crippen molar-refractivity contribution in [1.29, 1.82) is 0 Å². The molecule has 2 bridgehead atoms. The van der Waals surface area contributed by atoms with Crippen molar-refractivity contribution in [2.24, 2.45) is 5.41 Å². The number of rotatable bonds is 16. The zero-order valence-corrected chi connectivity index (χ0v) is 39.2. The van der Waals surface area contributed by atoms with E-state index in [-0.39, 0.29) is 44.5 Å². The maximum atomic E-state index is 15.1. The lowest BCUT2D eigenvalue weighted by molar-refractivity contribution is -0.298. The minimum Gasteiger partial charge on any atom is -0.460 e. The average Bonchev–Trinajstić information content (AvgIpc) is 4.02. The van der Waals surface area contributed by atoms with Crippen LogP contribution < -0.4 is 10.6 Å². The van der Waals surface area contributed by atoms with E-state index in [1.807, 2.05) is 48.5 Å². The Labute approximate surface area is 404 Å². The van der Waals surface area contributed by atoms with E-state index in [1.165, 1.54) is 5.06 Å². The molecule has 12 atom stereocenters. The third-order valence-electron chi connectivity index (χ3n) is 13.9. The SMILES string of the molecule is CC(C)(C)OC(=O)CC[C@@H](CO)NC(=O)c1cccc(CNC(=O)[C@@]23C[C@H]4OC(=O)[C@@H]2N(Cc2ccccc2C=CCO[C@H]2O[C@H](CO)[C@H](O)[C@H](O)[C@H]2O)O[C@@H]3[C@H]2OC3(Cc5ccccc5C3)O[C@H]24)c1. The first-order valence-corrected chi connectivity index (χ1v) is 23.7. The van der Waals surface area contributed by atoms with Gasteiger partial charge < -0.3 is 64.6 Å². The highest BCUT2D eigenvalue weighted by Gasteiger charge is 2.76. The van der Waals surface area contributed by atoms with Gasteiger partial charge in [-0.15, -0.1) is 0 Å². The molecule has 3 aromatic rings. The van der Waals surface area contributed by atoms with Crippen LogP contribution in [0.4, 0.5) is 0 Å². The van der Waals surface area contributed by atoms with Gasteiger partial charge in [0.1, 0.15) is 59.8 Å². The molecule has 376 valence electrons. The van der Waals surface area contributed by atoms with Crippen LogP contribution in [0.2, 0.25) is 0 Å². The number of carbonyl (C=O) groups is 4. The zero-order chi connectivity index (χ0) is 49.5. The first-order chi connectivity index (χ1) is 33.5. The van der Waals surface area contributed by atoms with Crippen molar-refractivity contribution < 1.29 is 78.0 Å².